The maximum Gasteiger partial charge on any atom is 0.232 e. The zero-order valence-corrected chi connectivity index (χ0v) is 15.8. The second kappa shape index (κ2) is 7.47. The highest BCUT2D eigenvalue weighted by Crippen LogP contribution is 2.28. The number of benzene rings is 1. The molecule has 7 nitrogen and oxygen atoms in total. The summed E-state index contributed by atoms with van der Waals surface area (Å²) in [7, 11) is 0. The van der Waals surface area contributed by atoms with Crippen molar-refractivity contribution in [3.63, 3.8) is 0 Å². The molecule has 1 fully saturated rings. The third-order valence-electron chi connectivity index (χ3n) is 4.68. The van der Waals surface area contributed by atoms with Crippen LogP contribution in [0.15, 0.2) is 30.3 Å². The molecule has 2 N–H and O–H groups in total. The molecule has 3 heterocycles. The van der Waals surface area contributed by atoms with E-state index in [0.717, 1.165) is 37.4 Å². The van der Waals surface area contributed by atoms with E-state index in [1.54, 1.807) is 19.1 Å². The molecule has 1 aromatic carbocycles. The standard InChI is InChI=1S/C20H21FN6O/c1-12-11-14(3-4-15(12)21)16-5-6-17-18(24-16)19(27-9-7-22-8-10-27)26-20(25-17)23-13(2)28/h3-6,11,22H,7-10H2,1-2H3,(H,23,25,26,28). The van der Waals surface area contributed by atoms with Crippen LogP contribution in [0.4, 0.5) is 16.2 Å². The highest BCUT2D eigenvalue weighted by Gasteiger charge is 2.19. The van der Waals surface area contributed by atoms with Crippen LogP contribution in [0.3, 0.4) is 0 Å². The fraction of sp³-hybridized carbons (Fsp3) is 0.300. The quantitative estimate of drug-likeness (QED) is 0.727. The zero-order valence-electron chi connectivity index (χ0n) is 15.8. The lowest BCUT2D eigenvalue weighted by Gasteiger charge is -2.29. The lowest BCUT2D eigenvalue weighted by Crippen LogP contribution is -2.44. The Kier molecular flexibility index (Phi) is 4.87. The van der Waals surface area contributed by atoms with E-state index in [0.29, 0.717) is 22.4 Å². The van der Waals surface area contributed by atoms with Crippen molar-refractivity contribution in [3.05, 3.63) is 41.7 Å². The van der Waals surface area contributed by atoms with Gasteiger partial charge in [0.2, 0.25) is 11.9 Å². The summed E-state index contributed by atoms with van der Waals surface area (Å²) in [5, 5.41) is 5.98. The van der Waals surface area contributed by atoms with Crippen molar-refractivity contribution >= 4 is 28.7 Å². The van der Waals surface area contributed by atoms with Crippen LogP contribution in [-0.4, -0.2) is 47.0 Å². The van der Waals surface area contributed by atoms with Crippen molar-refractivity contribution in [1.82, 2.24) is 20.3 Å². The molecule has 144 valence electrons. The number of rotatable bonds is 3. The van der Waals surface area contributed by atoms with Crippen LogP contribution in [0, 0.1) is 12.7 Å². The average molecular weight is 380 g/mol. The van der Waals surface area contributed by atoms with E-state index in [9.17, 15) is 9.18 Å². The van der Waals surface area contributed by atoms with Crippen LogP contribution >= 0.6 is 0 Å². The first-order chi connectivity index (χ1) is 13.5. The summed E-state index contributed by atoms with van der Waals surface area (Å²) in [6.07, 6.45) is 0. The highest BCUT2D eigenvalue weighted by molar-refractivity contribution is 5.92. The number of fused-ring (bicyclic) bond motifs is 1. The summed E-state index contributed by atoms with van der Waals surface area (Å²) in [5.74, 6) is 0.489. The van der Waals surface area contributed by atoms with Gasteiger partial charge < -0.3 is 10.2 Å². The number of piperazine rings is 1. The van der Waals surface area contributed by atoms with E-state index < -0.39 is 0 Å². The van der Waals surface area contributed by atoms with Gasteiger partial charge in [0.25, 0.3) is 0 Å². The summed E-state index contributed by atoms with van der Waals surface area (Å²) in [4.78, 5) is 27.4. The molecule has 0 aliphatic carbocycles. The van der Waals surface area contributed by atoms with Crippen LogP contribution in [0.1, 0.15) is 12.5 Å². The lowest BCUT2D eigenvalue weighted by molar-refractivity contribution is -0.114. The molecular weight excluding hydrogens is 359 g/mol. The molecular formula is C20H21FN6O. The van der Waals surface area contributed by atoms with Crippen molar-refractivity contribution in [3.8, 4) is 11.3 Å². The van der Waals surface area contributed by atoms with Gasteiger partial charge in [0.1, 0.15) is 11.3 Å². The molecule has 0 spiro atoms. The molecule has 0 radical (unpaired) electrons. The van der Waals surface area contributed by atoms with Gasteiger partial charge in [-0.1, -0.05) is 0 Å². The normalized spacial score (nSPS) is 14.3. The molecule has 0 bridgehead atoms. The number of hydrogen-bond acceptors (Lipinski definition) is 6. The smallest absolute Gasteiger partial charge is 0.232 e. The van der Waals surface area contributed by atoms with Gasteiger partial charge in [0, 0.05) is 38.7 Å². The zero-order chi connectivity index (χ0) is 19.7. The van der Waals surface area contributed by atoms with E-state index in [1.165, 1.54) is 13.0 Å². The summed E-state index contributed by atoms with van der Waals surface area (Å²) in [6.45, 7) is 6.42. The topological polar surface area (TPSA) is 83.0 Å². The van der Waals surface area contributed by atoms with E-state index >= 15 is 0 Å². The summed E-state index contributed by atoms with van der Waals surface area (Å²) in [5.41, 5.74) is 3.44. The second-order valence-electron chi connectivity index (χ2n) is 6.82. The third-order valence-corrected chi connectivity index (χ3v) is 4.68. The van der Waals surface area contributed by atoms with Gasteiger partial charge in [0.15, 0.2) is 5.82 Å². The minimum absolute atomic E-state index is 0.225. The predicted molar refractivity (Wildman–Crippen MR) is 107 cm³/mol. The van der Waals surface area contributed by atoms with Crippen molar-refractivity contribution in [2.24, 2.45) is 0 Å². The van der Waals surface area contributed by atoms with Crippen molar-refractivity contribution in [2.75, 3.05) is 36.4 Å². The van der Waals surface area contributed by atoms with Crippen LogP contribution in [0.2, 0.25) is 0 Å². The minimum Gasteiger partial charge on any atom is -0.352 e. The minimum atomic E-state index is -0.241. The third kappa shape index (κ3) is 3.63. The first kappa shape index (κ1) is 18.2. The van der Waals surface area contributed by atoms with Crippen LogP contribution in [0.5, 0.6) is 0 Å². The summed E-state index contributed by atoms with van der Waals surface area (Å²) >= 11 is 0. The molecule has 1 amide bonds. The van der Waals surface area contributed by atoms with Crippen molar-refractivity contribution in [1.29, 1.82) is 0 Å². The first-order valence-electron chi connectivity index (χ1n) is 9.20. The Balaban J connectivity index is 1.85. The van der Waals surface area contributed by atoms with E-state index in [2.05, 4.69) is 25.5 Å². The molecule has 3 aromatic rings. The van der Waals surface area contributed by atoms with Crippen LogP contribution in [-0.2, 0) is 4.79 Å². The number of carbonyl (C=O) groups is 1. The van der Waals surface area contributed by atoms with Gasteiger partial charge in [-0.2, -0.15) is 4.98 Å². The molecule has 8 heteroatoms. The summed E-state index contributed by atoms with van der Waals surface area (Å²) in [6, 6.07) is 8.65. The second-order valence-corrected chi connectivity index (χ2v) is 6.82. The van der Waals surface area contributed by atoms with E-state index in [-0.39, 0.29) is 17.7 Å². The Bertz CT molecular complexity index is 1050. The van der Waals surface area contributed by atoms with Crippen LogP contribution < -0.4 is 15.5 Å². The van der Waals surface area contributed by atoms with Gasteiger partial charge in [-0.15, -0.1) is 0 Å². The summed E-state index contributed by atoms with van der Waals surface area (Å²) < 4.78 is 13.6. The Morgan fingerprint density at radius 3 is 2.64 bits per heavy atom. The van der Waals surface area contributed by atoms with Gasteiger partial charge in [-0.25, -0.2) is 14.4 Å². The Labute approximate surface area is 162 Å². The van der Waals surface area contributed by atoms with Crippen molar-refractivity contribution < 1.29 is 9.18 Å². The monoisotopic (exact) mass is 380 g/mol. The molecule has 4 rings (SSSR count). The molecule has 28 heavy (non-hydrogen) atoms. The maximum absolute atomic E-state index is 13.6. The van der Waals surface area contributed by atoms with Gasteiger partial charge >= 0.3 is 0 Å². The molecule has 0 saturated carbocycles. The van der Waals surface area contributed by atoms with Gasteiger partial charge in [-0.05, 0) is 42.8 Å². The lowest BCUT2D eigenvalue weighted by atomic mass is 10.1. The maximum atomic E-state index is 13.6. The highest BCUT2D eigenvalue weighted by atomic mass is 19.1. The molecule has 1 aliphatic rings. The number of halogens is 1. The first-order valence-corrected chi connectivity index (χ1v) is 9.20. The molecule has 0 unspecified atom stereocenters. The fourth-order valence-electron chi connectivity index (χ4n) is 3.27. The predicted octanol–water partition coefficient (Wildman–Crippen LogP) is 2.51. The number of aryl methyl sites for hydroxylation is 1. The van der Waals surface area contributed by atoms with Crippen LogP contribution in [0.25, 0.3) is 22.3 Å². The number of aromatic nitrogens is 3. The van der Waals surface area contributed by atoms with E-state index in [4.69, 9.17) is 4.98 Å². The molecule has 1 aliphatic heterocycles. The number of carbonyl (C=O) groups excluding carboxylic acids is 1. The average Bonchev–Trinajstić information content (AvgIpc) is 2.69. The number of nitrogens with one attached hydrogen (secondary N) is 2. The van der Waals surface area contributed by atoms with Gasteiger partial charge in [0.05, 0.1) is 11.2 Å². The largest absolute Gasteiger partial charge is 0.352 e. The number of anilines is 2. The SMILES string of the molecule is CC(=O)Nc1nc(N2CCNCC2)c2nc(-c3ccc(F)c(C)c3)ccc2n1. The molecule has 0 atom stereocenters. The number of nitrogens with zero attached hydrogens (tertiary/aromatic N) is 4. The number of amides is 1. The van der Waals surface area contributed by atoms with Gasteiger partial charge in [-0.3, -0.25) is 10.1 Å². The van der Waals surface area contributed by atoms with Crippen molar-refractivity contribution in [2.45, 2.75) is 13.8 Å². The van der Waals surface area contributed by atoms with E-state index in [1.807, 2.05) is 12.1 Å². The fourth-order valence-corrected chi connectivity index (χ4v) is 3.27. The Morgan fingerprint density at radius 1 is 1.14 bits per heavy atom. The Morgan fingerprint density at radius 2 is 1.93 bits per heavy atom. The molecule has 2 aromatic heterocycles. The molecule has 1 saturated heterocycles. The number of pyridine rings is 1. The number of hydrogen-bond donors (Lipinski definition) is 2. The Hall–Kier alpha value is -3.13.